The predicted octanol–water partition coefficient (Wildman–Crippen LogP) is 2.28. The highest BCUT2D eigenvalue weighted by molar-refractivity contribution is 5.94. The third-order valence-electron chi connectivity index (χ3n) is 3.84. The summed E-state index contributed by atoms with van der Waals surface area (Å²) in [7, 11) is 1.62. The number of rotatable bonds is 2. The number of carbonyl (C=O) groups is 1. The summed E-state index contributed by atoms with van der Waals surface area (Å²) in [5, 5.41) is 3.83. The fraction of sp³-hybridized carbons (Fsp3) is 0.333. The van der Waals surface area contributed by atoms with Crippen LogP contribution in [0, 0.1) is 0 Å². The van der Waals surface area contributed by atoms with Crippen molar-refractivity contribution in [2.24, 2.45) is 5.73 Å². The van der Waals surface area contributed by atoms with E-state index in [1.54, 1.807) is 7.11 Å². The van der Waals surface area contributed by atoms with Crippen molar-refractivity contribution in [3.63, 3.8) is 0 Å². The largest absolute Gasteiger partial charge is 0.497 e. The molecule has 1 aliphatic rings. The summed E-state index contributed by atoms with van der Waals surface area (Å²) in [5.41, 5.74) is 8.31. The van der Waals surface area contributed by atoms with Gasteiger partial charge in [-0.1, -0.05) is 25.1 Å². The van der Waals surface area contributed by atoms with E-state index >= 15 is 0 Å². The molecule has 0 spiro atoms. The SMILES string of the molecule is COc1ccc2c(c1)-c1onc(C(N)=O)c1CC2(C)C. The van der Waals surface area contributed by atoms with Crippen molar-refractivity contribution in [1.29, 1.82) is 0 Å². The average molecular weight is 272 g/mol. The quantitative estimate of drug-likeness (QED) is 0.909. The van der Waals surface area contributed by atoms with E-state index in [0.29, 0.717) is 12.2 Å². The highest BCUT2D eigenvalue weighted by Crippen LogP contribution is 2.45. The number of hydrogen-bond donors (Lipinski definition) is 1. The van der Waals surface area contributed by atoms with Crippen molar-refractivity contribution in [2.75, 3.05) is 7.11 Å². The summed E-state index contributed by atoms with van der Waals surface area (Å²) >= 11 is 0. The van der Waals surface area contributed by atoms with Crippen molar-refractivity contribution in [1.82, 2.24) is 5.16 Å². The molecule has 0 radical (unpaired) electrons. The van der Waals surface area contributed by atoms with Gasteiger partial charge in [0.05, 0.1) is 7.11 Å². The molecule has 1 aromatic carbocycles. The summed E-state index contributed by atoms with van der Waals surface area (Å²) < 4.78 is 10.6. The molecule has 1 amide bonds. The zero-order chi connectivity index (χ0) is 14.5. The minimum absolute atomic E-state index is 0.121. The molecule has 0 saturated carbocycles. The summed E-state index contributed by atoms with van der Waals surface area (Å²) in [6.45, 7) is 4.25. The Morgan fingerprint density at radius 3 is 2.85 bits per heavy atom. The minimum atomic E-state index is -0.558. The molecule has 0 fully saturated rings. The zero-order valence-electron chi connectivity index (χ0n) is 11.7. The van der Waals surface area contributed by atoms with Crippen molar-refractivity contribution in [3.05, 3.63) is 35.0 Å². The molecule has 0 saturated heterocycles. The van der Waals surface area contributed by atoms with Gasteiger partial charge in [-0.15, -0.1) is 0 Å². The number of aromatic nitrogens is 1. The molecule has 104 valence electrons. The van der Waals surface area contributed by atoms with Crippen LogP contribution in [0.5, 0.6) is 5.75 Å². The van der Waals surface area contributed by atoms with Gasteiger partial charge in [-0.2, -0.15) is 0 Å². The Kier molecular flexibility index (Phi) is 2.61. The van der Waals surface area contributed by atoms with Crippen LogP contribution in [0.4, 0.5) is 0 Å². The Hall–Kier alpha value is -2.30. The van der Waals surface area contributed by atoms with E-state index in [-0.39, 0.29) is 11.1 Å². The molecule has 2 N–H and O–H groups in total. The number of nitrogens with zero attached hydrogens (tertiary/aromatic N) is 1. The number of fused-ring (bicyclic) bond motifs is 3. The Labute approximate surface area is 116 Å². The molecule has 0 atom stereocenters. The molecule has 0 aliphatic heterocycles. The minimum Gasteiger partial charge on any atom is -0.497 e. The molecule has 5 nitrogen and oxygen atoms in total. The number of benzene rings is 1. The number of nitrogens with two attached hydrogens (primary N) is 1. The standard InChI is InChI=1S/C15H16N2O3/c1-15(2)7-10-12(14(16)18)17-20-13(10)9-6-8(19-3)4-5-11(9)15/h4-6H,7H2,1-3H3,(H2,16,18). The number of carbonyl (C=O) groups excluding carboxylic acids is 1. The second-order valence-corrected chi connectivity index (χ2v) is 5.68. The van der Waals surface area contributed by atoms with Crippen LogP contribution in [0.2, 0.25) is 0 Å². The van der Waals surface area contributed by atoms with E-state index in [4.69, 9.17) is 15.0 Å². The van der Waals surface area contributed by atoms with Crippen LogP contribution < -0.4 is 10.5 Å². The first-order valence-electron chi connectivity index (χ1n) is 6.41. The van der Waals surface area contributed by atoms with Crippen LogP contribution in [0.3, 0.4) is 0 Å². The third kappa shape index (κ3) is 1.70. The first-order valence-corrected chi connectivity index (χ1v) is 6.41. The normalized spacial score (nSPS) is 15.3. The van der Waals surface area contributed by atoms with Gasteiger partial charge in [-0.3, -0.25) is 4.79 Å². The van der Waals surface area contributed by atoms with Crippen molar-refractivity contribution >= 4 is 5.91 Å². The van der Waals surface area contributed by atoms with Gasteiger partial charge in [-0.05, 0) is 29.5 Å². The van der Waals surface area contributed by atoms with Crippen LogP contribution >= 0.6 is 0 Å². The van der Waals surface area contributed by atoms with Crippen LogP contribution in [0.25, 0.3) is 11.3 Å². The molecule has 1 aromatic heterocycles. The van der Waals surface area contributed by atoms with Crippen LogP contribution in [0.1, 0.15) is 35.5 Å². The van der Waals surface area contributed by atoms with Gasteiger partial charge in [0.2, 0.25) is 0 Å². The lowest BCUT2D eigenvalue weighted by Gasteiger charge is -2.31. The molecule has 3 rings (SSSR count). The molecule has 0 bridgehead atoms. The average Bonchev–Trinajstić information content (AvgIpc) is 2.81. The van der Waals surface area contributed by atoms with Gasteiger partial charge in [0.1, 0.15) is 5.75 Å². The second kappa shape index (κ2) is 4.10. The van der Waals surface area contributed by atoms with Crippen LogP contribution in [-0.2, 0) is 11.8 Å². The number of primary amides is 1. The Balaban J connectivity index is 2.28. The van der Waals surface area contributed by atoms with Gasteiger partial charge in [-0.25, -0.2) is 0 Å². The maximum Gasteiger partial charge on any atom is 0.271 e. The van der Waals surface area contributed by atoms with Crippen LogP contribution in [-0.4, -0.2) is 18.2 Å². The summed E-state index contributed by atoms with van der Waals surface area (Å²) in [4.78, 5) is 11.5. The first-order chi connectivity index (χ1) is 9.44. The van der Waals surface area contributed by atoms with Gasteiger partial charge in [0.15, 0.2) is 11.5 Å². The number of amides is 1. The molecular weight excluding hydrogens is 256 g/mol. The Bertz CT molecular complexity index is 701. The topological polar surface area (TPSA) is 78.3 Å². The van der Waals surface area contributed by atoms with E-state index in [1.807, 2.05) is 18.2 Å². The maximum atomic E-state index is 11.5. The highest BCUT2D eigenvalue weighted by atomic mass is 16.5. The van der Waals surface area contributed by atoms with Gasteiger partial charge in [0, 0.05) is 11.1 Å². The van der Waals surface area contributed by atoms with Crippen molar-refractivity contribution in [3.8, 4) is 17.1 Å². The molecule has 5 heteroatoms. The molecule has 1 aliphatic carbocycles. The van der Waals surface area contributed by atoms with E-state index in [2.05, 4.69) is 19.0 Å². The Morgan fingerprint density at radius 1 is 1.45 bits per heavy atom. The van der Waals surface area contributed by atoms with Crippen molar-refractivity contribution < 1.29 is 14.1 Å². The van der Waals surface area contributed by atoms with Gasteiger partial charge in [0.25, 0.3) is 5.91 Å². The fourth-order valence-electron chi connectivity index (χ4n) is 2.84. The molecule has 1 heterocycles. The van der Waals surface area contributed by atoms with Gasteiger partial charge < -0.3 is 15.0 Å². The second-order valence-electron chi connectivity index (χ2n) is 5.68. The number of ether oxygens (including phenoxy) is 1. The summed E-state index contributed by atoms with van der Waals surface area (Å²) in [6.07, 6.45) is 0.670. The summed E-state index contributed by atoms with van der Waals surface area (Å²) in [6, 6.07) is 5.87. The maximum absolute atomic E-state index is 11.5. The Morgan fingerprint density at radius 2 is 2.20 bits per heavy atom. The predicted molar refractivity (Wildman–Crippen MR) is 73.7 cm³/mol. The molecule has 0 unspecified atom stereocenters. The number of methoxy groups -OCH3 is 1. The smallest absolute Gasteiger partial charge is 0.271 e. The highest BCUT2D eigenvalue weighted by Gasteiger charge is 2.36. The van der Waals surface area contributed by atoms with E-state index in [0.717, 1.165) is 22.4 Å². The van der Waals surface area contributed by atoms with Crippen molar-refractivity contribution in [2.45, 2.75) is 25.7 Å². The molecule has 20 heavy (non-hydrogen) atoms. The van der Waals surface area contributed by atoms with Gasteiger partial charge >= 0.3 is 0 Å². The fourth-order valence-corrected chi connectivity index (χ4v) is 2.84. The first kappa shape index (κ1) is 12.7. The summed E-state index contributed by atoms with van der Waals surface area (Å²) in [5.74, 6) is 0.800. The third-order valence-corrected chi connectivity index (χ3v) is 3.84. The van der Waals surface area contributed by atoms with Crippen LogP contribution in [0.15, 0.2) is 22.7 Å². The lowest BCUT2D eigenvalue weighted by Crippen LogP contribution is -2.27. The van der Waals surface area contributed by atoms with E-state index < -0.39 is 5.91 Å². The number of hydrogen-bond acceptors (Lipinski definition) is 4. The molecular formula is C15H16N2O3. The lowest BCUT2D eigenvalue weighted by atomic mass is 9.72. The zero-order valence-corrected chi connectivity index (χ0v) is 11.7. The molecule has 2 aromatic rings. The van der Waals surface area contributed by atoms with E-state index in [9.17, 15) is 4.79 Å². The lowest BCUT2D eigenvalue weighted by molar-refractivity contribution is 0.0991. The monoisotopic (exact) mass is 272 g/mol. The van der Waals surface area contributed by atoms with E-state index in [1.165, 1.54) is 0 Å².